The minimum atomic E-state index is 0.619. The van der Waals surface area contributed by atoms with E-state index in [9.17, 15) is 0 Å². The monoisotopic (exact) mass is 213 g/mol. The Balaban J connectivity index is 2.00. The fourth-order valence-corrected chi connectivity index (χ4v) is 1.83. The van der Waals surface area contributed by atoms with Crippen molar-refractivity contribution in [3.8, 4) is 0 Å². The van der Waals surface area contributed by atoms with Crippen LogP contribution in [0, 0.1) is 6.92 Å². The summed E-state index contributed by atoms with van der Waals surface area (Å²) in [5.74, 6) is 1.31. The van der Waals surface area contributed by atoms with E-state index in [1.165, 1.54) is 10.9 Å². The van der Waals surface area contributed by atoms with Gasteiger partial charge in [0.05, 0.1) is 0 Å². The molecule has 0 saturated heterocycles. The summed E-state index contributed by atoms with van der Waals surface area (Å²) >= 11 is 0. The van der Waals surface area contributed by atoms with Crippen molar-refractivity contribution >= 4 is 10.9 Å². The van der Waals surface area contributed by atoms with Gasteiger partial charge in [-0.1, -0.05) is 23.4 Å². The van der Waals surface area contributed by atoms with Crippen LogP contribution < -0.4 is 0 Å². The molecule has 0 fully saturated rings. The summed E-state index contributed by atoms with van der Waals surface area (Å²) < 4.78 is 7.20. The molecule has 4 nitrogen and oxygen atoms in total. The van der Waals surface area contributed by atoms with E-state index in [1.54, 1.807) is 0 Å². The van der Waals surface area contributed by atoms with Crippen molar-refractivity contribution < 1.29 is 4.52 Å². The number of hydrogen-bond donors (Lipinski definition) is 0. The van der Waals surface area contributed by atoms with Crippen LogP contribution in [0.1, 0.15) is 11.7 Å². The smallest absolute Gasteiger partial charge is 0.246 e. The predicted octanol–water partition coefficient (Wildman–Crippen LogP) is 2.38. The van der Waals surface area contributed by atoms with E-state index >= 15 is 0 Å². The molecular formula is C12H11N3O. The maximum absolute atomic E-state index is 5.10. The van der Waals surface area contributed by atoms with Gasteiger partial charge in [-0.15, -0.1) is 0 Å². The van der Waals surface area contributed by atoms with Crippen LogP contribution in [0.3, 0.4) is 0 Å². The normalized spacial score (nSPS) is 11.1. The molecule has 80 valence electrons. The molecule has 0 aliphatic heterocycles. The maximum Gasteiger partial charge on any atom is 0.246 e. The molecule has 0 saturated carbocycles. The van der Waals surface area contributed by atoms with Crippen molar-refractivity contribution in [2.24, 2.45) is 0 Å². The summed E-state index contributed by atoms with van der Waals surface area (Å²) in [6.45, 7) is 2.44. The highest BCUT2D eigenvalue weighted by Crippen LogP contribution is 2.16. The molecular weight excluding hydrogens is 202 g/mol. The van der Waals surface area contributed by atoms with Crippen LogP contribution >= 0.6 is 0 Å². The summed E-state index contributed by atoms with van der Waals surface area (Å²) in [7, 11) is 0. The third kappa shape index (κ3) is 1.48. The molecule has 0 amide bonds. The van der Waals surface area contributed by atoms with Crippen molar-refractivity contribution in [1.29, 1.82) is 0 Å². The molecule has 0 aliphatic carbocycles. The van der Waals surface area contributed by atoms with Crippen LogP contribution in [-0.2, 0) is 6.54 Å². The van der Waals surface area contributed by atoms with Gasteiger partial charge in [0.25, 0.3) is 0 Å². The zero-order valence-electron chi connectivity index (χ0n) is 8.92. The molecule has 16 heavy (non-hydrogen) atoms. The Bertz CT molecular complexity index is 624. The fourth-order valence-electron chi connectivity index (χ4n) is 1.83. The zero-order chi connectivity index (χ0) is 11.0. The molecule has 0 spiro atoms. The first-order valence-electron chi connectivity index (χ1n) is 5.16. The molecule has 0 atom stereocenters. The standard InChI is InChI=1S/C12H11N3O/c1-9-13-12(16-14-9)8-15-7-6-10-4-2-3-5-11(10)15/h2-7H,8H2,1H3. The Morgan fingerprint density at radius 3 is 2.94 bits per heavy atom. The number of benzene rings is 1. The Morgan fingerprint density at radius 1 is 1.25 bits per heavy atom. The van der Waals surface area contributed by atoms with Gasteiger partial charge in [0.1, 0.15) is 6.54 Å². The third-order valence-corrected chi connectivity index (χ3v) is 2.56. The molecule has 0 radical (unpaired) electrons. The second-order valence-corrected chi connectivity index (χ2v) is 3.74. The van der Waals surface area contributed by atoms with Crippen molar-refractivity contribution in [3.05, 3.63) is 48.2 Å². The van der Waals surface area contributed by atoms with Crippen molar-refractivity contribution in [3.63, 3.8) is 0 Å². The summed E-state index contributed by atoms with van der Waals surface area (Å²) in [5, 5.41) is 5.00. The molecule has 0 bridgehead atoms. The Kier molecular flexibility index (Phi) is 1.99. The molecule has 4 heteroatoms. The lowest BCUT2D eigenvalue weighted by atomic mass is 10.2. The average Bonchev–Trinajstić information content (AvgIpc) is 2.87. The second kappa shape index (κ2) is 3.48. The summed E-state index contributed by atoms with van der Waals surface area (Å²) in [4.78, 5) is 4.19. The Morgan fingerprint density at radius 2 is 2.12 bits per heavy atom. The molecule has 3 aromatic rings. The van der Waals surface area contributed by atoms with E-state index in [-0.39, 0.29) is 0 Å². The van der Waals surface area contributed by atoms with Gasteiger partial charge in [-0.2, -0.15) is 4.98 Å². The van der Waals surface area contributed by atoms with E-state index in [4.69, 9.17) is 4.52 Å². The quantitative estimate of drug-likeness (QED) is 0.656. The fraction of sp³-hybridized carbons (Fsp3) is 0.167. The number of nitrogens with zero attached hydrogens (tertiary/aromatic N) is 3. The number of para-hydroxylation sites is 1. The summed E-state index contributed by atoms with van der Waals surface area (Å²) in [6, 6.07) is 10.3. The van der Waals surface area contributed by atoms with Crippen LogP contribution in [0.15, 0.2) is 41.1 Å². The van der Waals surface area contributed by atoms with E-state index in [0.29, 0.717) is 18.3 Å². The first-order valence-corrected chi connectivity index (χ1v) is 5.16. The van der Waals surface area contributed by atoms with Gasteiger partial charge in [-0.05, 0) is 24.4 Å². The molecule has 3 rings (SSSR count). The minimum absolute atomic E-state index is 0.619. The van der Waals surface area contributed by atoms with E-state index in [0.717, 1.165) is 0 Å². The molecule has 2 heterocycles. The van der Waals surface area contributed by atoms with Crippen LogP contribution in [0.2, 0.25) is 0 Å². The van der Waals surface area contributed by atoms with Crippen molar-refractivity contribution in [2.45, 2.75) is 13.5 Å². The first-order chi connectivity index (χ1) is 7.83. The summed E-state index contributed by atoms with van der Waals surface area (Å²) in [5.41, 5.74) is 1.18. The molecule has 2 aromatic heterocycles. The van der Waals surface area contributed by atoms with Crippen LogP contribution in [-0.4, -0.2) is 14.7 Å². The zero-order valence-corrected chi connectivity index (χ0v) is 8.92. The highest BCUT2D eigenvalue weighted by Gasteiger charge is 2.05. The number of aromatic nitrogens is 3. The van der Waals surface area contributed by atoms with Crippen molar-refractivity contribution in [2.75, 3.05) is 0 Å². The van der Waals surface area contributed by atoms with E-state index in [1.807, 2.05) is 25.3 Å². The lowest BCUT2D eigenvalue weighted by Gasteiger charge is -2.00. The Labute approximate surface area is 92.5 Å². The van der Waals surface area contributed by atoms with E-state index in [2.05, 4.69) is 32.9 Å². The molecule has 0 unspecified atom stereocenters. The molecule has 0 aliphatic rings. The van der Waals surface area contributed by atoms with Gasteiger partial charge in [-0.25, -0.2) is 0 Å². The number of aryl methyl sites for hydroxylation is 1. The third-order valence-electron chi connectivity index (χ3n) is 2.56. The van der Waals surface area contributed by atoms with Gasteiger partial charge < -0.3 is 9.09 Å². The molecule has 1 aromatic carbocycles. The lowest BCUT2D eigenvalue weighted by molar-refractivity contribution is 0.369. The van der Waals surface area contributed by atoms with Crippen LogP contribution in [0.4, 0.5) is 0 Å². The SMILES string of the molecule is Cc1noc(Cn2ccc3ccccc32)n1. The topological polar surface area (TPSA) is 43.9 Å². The summed E-state index contributed by atoms with van der Waals surface area (Å²) in [6.07, 6.45) is 2.03. The minimum Gasteiger partial charge on any atom is -0.338 e. The van der Waals surface area contributed by atoms with Crippen LogP contribution in [0.5, 0.6) is 0 Å². The predicted molar refractivity (Wildman–Crippen MR) is 60.1 cm³/mol. The van der Waals surface area contributed by atoms with Gasteiger partial charge in [0.2, 0.25) is 5.89 Å². The number of rotatable bonds is 2. The lowest BCUT2D eigenvalue weighted by Crippen LogP contribution is -1.97. The van der Waals surface area contributed by atoms with Crippen LogP contribution in [0.25, 0.3) is 10.9 Å². The first kappa shape index (κ1) is 9.15. The van der Waals surface area contributed by atoms with Gasteiger partial charge in [0.15, 0.2) is 5.82 Å². The molecule has 0 N–H and O–H groups in total. The largest absolute Gasteiger partial charge is 0.338 e. The van der Waals surface area contributed by atoms with Gasteiger partial charge >= 0.3 is 0 Å². The average molecular weight is 213 g/mol. The van der Waals surface area contributed by atoms with Gasteiger partial charge in [0, 0.05) is 11.7 Å². The van der Waals surface area contributed by atoms with Gasteiger partial charge in [-0.3, -0.25) is 0 Å². The van der Waals surface area contributed by atoms with Crippen molar-refractivity contribution in [1.82, 2.24) is 14.7 Å². The number of fused-ring (bicyclic) bond motifs is 1. The highest BCUT2D eigenvalue weighted by molar-refractivity contribution is 5.79. The second-order valence-electron chi connectivity index (χ2n) is 3.74. The van der Waals surface area contributed by atoms with E-state index < -0.39 is 0 Å². The maximum atomic E-state index is 5.10. The highest BCUT2D eigenvalue weighted by atomic mass is 16.5. The Hall–Kier alpha value is -2.10. The number of hydrogen-bond acceptors (Lipinski definition) is 3.